The maximum Gasteiger partial charge on any atom is 0.114 e. The lowest BCUT2D eigenvalue weighted by molar-refractivity contribution is 1.02. The number of fused-ring (bicyclic) bond motifs is 1. The van der Waals surface area contributed by atoms with Crippen LogP contribution in [0.25, 0.3) is 11.0 Å². The molecular formula is C9H11N3. The summed E-state index contributed by atoms with van der Waals surface area (Å²) in [4.78, 5) is 3.20. The lowest BCUT2D eigenvalue weighted by atomic mass is 10.2. The zero-order valence-corrected chi connectivity index (χ0v) is 7.26. The number of rotatable bonds is 1. The molecule has 0 spiro atoms. The zero-order chi connectivity index (χ0) is 8.55. The van der Waals surface area contributed by atoms with Gasteiger partial charge in [0.1, 0.15) is 5.52 Å². The van der Waals surface area contributed by atoms with Gasteiger partial charge in [-0.25, -0.2) is 0 Å². The molecular weight excluding hydrogens is 150 g/mol. The summed E-state index contributed by atoms with van der Waals surface area (Å²) in [6.07, 6.45) is 4.78. The monoisotopic (exact) mass is 161 g/mol. The van der Waals surface area contributed by atoms with Crippen LogP contribution in [0.5, 0.6) is 0 Å². The van der Waals surface area contributed by atoms with Crippen LogP contribution in [0.15, 0.2) is 12.4 Å². The van der Waals surface area contributed by atoms with Crippen molar-refractivity contribution in [1.82, 2.24) is 15.2 Å². The van der Waals surface area contributed by atoms with Gasteiger partial charge in [0.25, 0.3) is 0 Å². The molecule has 12 heavy (non-hydrogen) atoms. The van der Waals surface area contributed by atoms with Gasteiger partial charge in [0.2, 0.25) is 0 Å². The Labute approximate surface area is 70.8 Å². The second-order valence-corrected chi connectivity index (χ2v) is 2.92. The van der Waals surface area contributed by atoms with E-state index >= 15 is 0 Å². The minimum atomic E-state index is 0.992. The first-order valence-electron chi connectivity index (χ1n) is 4.11. The Hall–Kier alpha value is -1.38. The molecule has 0 saturated carbocycles. The molecule has 0 aliphatic heterocycles. The minimum absolute atomic E-state index is 0.992. The first-order chi connectivity index (χ1) is 5.83. The van der Waals surface area contributed by atoms with Gasteiger partial charge in [0.15, 0.2) is 0 Å². The van der Waals surface area contributed by atoms with Crippen LogP contribution in [0.1, 0.15) is 18.1 Å². The number of aromatic amines is 1. The van der Waals surface area contributed by atoms with E-state index in [0.717, 1.165) is 23.0 Å². The van der Waals surface area contributed by atoms with E-state index in [1.807, 2.05) is 19.3 Å². The van der Waals surface area contributed by atoms with E-state index in [2.05, 4.69) is 22.1 Å². The van der Waals surface area contributed by atoms with Crippen LogP contribution in [0, 0.1) is 6.92 Å². The fraction of sp³-hybridized carbons (Fsp3) is 0.333. The van der Waals surface area contributed by atoms with Gasteiger partial charge < -0.3 is 4.98 Å². The molecule has 2 rings (SSSR count). The standard InChI is InChI=1S/C9H11N3/c1-3-7-5-11-12-8-6(2)4-10-9(7)8/h4-5,10H,3H2,1-2H3. The molecule has 3 nitrogen and oxygen atoms in total. The molecule has 0 bridgehead atoms. The summed E-state index contributed by atoms with van der Waals surface area (Å²) in [7, 11) is 0. The molecule has 2 aromatic rings. The molecule has 0 aliphatic carbocycles. The molecule has 0 aliphatic rings. The van der Waals surface area contributed by atoms with Crippen molar-refractivity contribution in [3.8, 4) is 0 Å². The van der Waals surface area contributed by atoms with Crippen molar-refractivity contribution in [2.24, 2.45) is 0 Å². The van der Waals surface area contributed by atoms with E-state index in [9.17, 15) is 0 Å². The second-order valence-electron chi connectivity index (χ2n) is 2.92. The van der Waals surface area contributed by atoms with E-state index in [1.54, 1.807) is 0 Å². The first kappa shape index (κ1) is 7.28. The largest absolute Gasteiger partial charge is 0.359 e. The summed E-state index contributed by atoms with van der Waals surface area (Å²) < 4.78 is 0. The summed E-state index contributed by atoms with van der Waals surface area (Å²) >= 11 is 0. The SMILES string of the molecule is CCc1cnnc2c(C)c[nH]c12. The molecule has 0 saturated heterocycles. The fourth-order valence-electron chi connectivity index (χ4n) is 1.38. The highest BCUT2D eigenvalue weighted by molar-refractivity contribution is 5.80. The topological polar surface area (TPSA) is 41.6 Å². The third-order valence-electron chi connectivity index (χ3n) is 2.12. The van der Waals surface area contributed by atoms with Crippen molar-refractivity contribution in [2.45, 2.75) is 20.3 Å². The normalized spacial score (nSPS) is 10.8. The van der Waals surface area contributed by atoms with Crippen LogP contribution in [-0.4, -0.2) is 15.2 Å². The average molecular weight is 161 g/mol. The third-order valence-corrected chi connectivity index (χ3v) is 2.12. The molecule has 3 heteroatoms. The van der Waals surface area contributed by atoms with E-state index in [1.165, 1.54) is 5.56 Å². The van der Waals surface area contributed by atoms with Crippen LogP contribution < -0.4 is 0 Å². The summed E-state index contributed by atoms with van der Waals surface area (Å²) in [5.41, 5.74) is 4.51. The lowest BCUT2D eigenvalue weighted by Gasteiger charge is -1.96. The van der Waals surface area contributed by atoms with Gasteiger partial charge in [0, 0.05) is 6.20 Å². The van der Waals surface area contributed by atoms with Crippen molar-refractivity contribution in [1.29, 1.82) is 0 Å². The van der Waals surface area contributed by atoms with E-state index < -0.39 is 0 Å². The number of nitrogens with zero attached hydrogens (tertiary/aromatic N) is 2. The third kappa shape index (κ3) is 0.897. The highest BCUT2D eigenvalue weighted by atomic mass is 15.1. The predicted octanol–water partition coefficient (Wildman–Crippen LogP) is 1.83. The Bertz CT molecular complexity index is 403. The number of hydrogen-bond acceptors (Lipinski definition) is 2. The van der Waals surface area contributed by atoms with E-state index in [4.69, 9.17) is 0 Å². The van der Waals surface area contributed by atoms with Crippen molar-refractivity contribution < 1.29 is 0 Å². The minimum Gasteiger partial charge on any atom is -0.359 e. The maximum absolute atomic E-state index is 4.07. The van der Waals surface area contributed by atoms with Crippen LogP contribution in [-0.2, 0) is 6.42 Å². The van der Waals surface area contributed by atoms with E-state index in [-0.39, 0.29) is 0 Å². The van der Waals surface area contributed by atoms with Gasteiger partial charge in [-0.2, -0.15) is 5.10 Å². The van der Waals surface area contributed by atoms with Crippen molar-refractivity contribution in [3.63, 3.8) is 0 Å². The molecule has 2 heterocycles. The van der Waals surface area contributed by atoms with Crippen LogP contribution in [0.3, 0.4) is 0 Å². The number of H-pyrrole nitrogens is 1. The Balaban J connectivity index is 2.81. The van der Waals surface area contributed by atoms with Crippen molar-refractivity contribution >= 4 is 11.0 Å². The van der Waals surface area contributed by atoms with Gasteiger partial charge >= 0.3 is 0 Å². The van der Waals surface area contributed by atoms with Gasteiger partial charge in [-0.05, 0) is 24.5 Å². The molecule has 0 radical (unpaired) electrons. The fourth-order valence-corrected chi connectivity index (χ4v) is 1.38. The Morgan fingerprint density at radius 2 is 2.33 bits per heavy atom. The number of nitrogens with one attached hydrogen (secondary N) is 1. The van der Waals surface area contributed by atoms with Crippen LogP contribution in [0.2, 0.25) is 0 Å². The maximum atomic E-state index is 4.07. The predicted molar refractivity (Wildman–Crippen MR) is 48.0 cm³/mol. The van der Waals surface area contributed by atoms with Gasteiger partial charge in [-0.1, -0.05) is 6.92 Å². The summed E-state index contributed by atoms with van der Waals surface area (Å²) in [6, 6.07) is 0. The molecule has 62 valence electrons. The lowest BCUT2D eigenvalue weighted by Crippen LogP contribution is -1.88. The van der Waals surface area contributed by atoms with Gasteiger partial charge in [-0.15, -0.1) is 5.10 Å². The Morgan fingerprint density at radius 1 is 1.50 bits per heavy atom. The molecule has 1 N–H and O–H groups in total. The van der Waals surface area contributed by atoms with Gasteiger partial charge in [0.05, 0.1) is 11.7 Å². The van der Waals surface area contributed by atoms with Crippen LogP contribution >= 0.6 is 0 Å². The Kier molecular flexibility index (Phi) is 1.57. The van der Waals surface area contributed by atoms with Crippen molar-refractivity contribution in [2.75, 3.05) is 0 Å². The summed E-state index contributed by atoms with van der Waals surface area (Å²) in [6.45, 7) is 4.15. The smallest absolute Gasteiger partial charge is 0.114 e. The van der Waals surface area contributed by atoms with E-state index in [0.29, 0.717) is 0 Å². The number of hydrogen-bond donors (Lipinski definition) is 1. The molecule has 0 aromatic carbocycles. The number of aromatic nitrogens is 3. The molecule has 0 amide bonds. The average Bonchev–Trinajstić information content (AvgIpc) is 2.48. The van der Waals surface area contributed by atoms with Crippen molar-refractivity contribution in [3.05, 3.63) is 23.5 Å². The quantitative estimate of drug-likeness (QED) is 0.693. The second kappa shape index (κ2) is 2.59. The zero-order valence-electron chi connectivity index (χ0n) is 7.26. The highest BCUT2D eigenvalue weighted by Crippen LogP contribution is 2.17. The molecule has 0 unspecified atom stereocenters. The van der Waals surface area contributed by atoms with Gasteiger partial charge in [-0.3, -0.25) is 0 Å². The summed E-state index contributed by atoms with van der Waals surface area (Å²) in [5.74, 6) is 0. The highest BCUT2D eigenvalue weighted by Gasteiger charge is 2.04. The summed E-state index contributed by atoms with van der Waals surface area (Å²) in [5, 5.41) is 8.01. The molecule has 0 fully saturated rings. The van der Waals surface area contributed by atoms with Crippen LogP contribution in [0.4, 0.5) is 0 Å². The first-order valence-corrected chi connectivity index (χ1v) is 4.11. The molecule has 0 atom stereocenters. The Morgan fingerprint density at radius 3 is 3.08 bits per heavy atom. The molecule has 2 aromatic heterocycles. The number of aryl methyl sites for hydroxylation is 2.